The van der Waals surface area contributed by atoms with E-state index in [1.54, 1.807) is 17.8 Å². The van der Waals surface area contributed by atoms with Crippen molar-refractivity contribution in [3.8, 4) is 0 Å². The Bertz CT molecular complexity index is 665. The van der Waals surface area contributed by atoms with E-state index in [1.165, 1.54) is 4.90 Å². The fourth-order valence-electron chi connectivity index (χ4n) is 1.72. The first-order valence-corrected chi connectivity index (χ1v) is 7.74. The van der Waals surface area contributed by atoms with Crippen LogP contribution in [0.4, 0.5) is 10.6 Å². The van der Waals surface area contributed by atoms with Gasteiger partial charge in [0.05, 0.1) is 6.20 Å². The molecule has 0 radical (unpaired) electrons. The summed E-state index contributed by atoms with van der Waals surface area (Å²) in [6.45, 7) is 6.62. The van der Waals surface area contributed by atoms with Crippen molar-refractivity contribution in [2.75, 3.05) is 25.5 Å². The number of hydrogen-bond donors (Lipinski definition) is 1. The van der Waals surface area contributed by atoms with Crippen molar-refractivity contribution in [3.05, 3.63) is 22.9 Å². The molecule has 8 heteroatoms. The second-order valence-corrected chi connectivity index (χ2v) is 6.71. The highest BCUT2D eigenvalue weighted by atomic mass is 79.9. The van der Waals surface area contributed by atoms with E-state index in [0.717, 1.165) is 10.3 Å². The summed E-state index contributed by atoms with van der Waals surface area (Å²) >= 11 is 3.38. The fourth-order valence-corrected chi connectivity index (χ4v) is 2.09. The zero-order valence-electron chi connectivity index (χ0n) is 13.1. The first-order valence-electron chi connectivity index (χ1n) is 6.94. The minimum Gasteiger partial charge on any atom is -0.444 e. The molecule has 2 aromatic rings. The number of halogens is 1. The Morgan fingerprint density at radius 1 is 1.45 bits per heavy atom. The van der Waals surface area contributed by atoms with Gasteiger partial charge >= 0.3 is 6.09 Å². The Kier molecular flexibility index (Phi) is 4.90. The highest BCUT2D eigenvalue weighted by Crippen LogP contribution is 2.13. The first-order chi connectivity index (χ1) is 10.3. The minimum absolute atomic E-state index is 0.338. The molecule has 0 atom stereocenters. The summed E-state index contributed by atoms with van der Waals surface area (Å²) in [6.07, 6.45) is 1.36. The van der Waals surface area contributed by atoms with Crippen molar-refractivity contribution in [2.45, 2.75) is 26.4 Å². The standard InChI is InChI=1S/C14H20BrN5O2/c1-14(2,3)22-13(21)19(4)8-7-16-11-5-6-12-17-9-10(15)20(12)18-11/h5-6,9H,7-8H2,1-4H3,(H,16,18). The van der Waals surface area contributed by atoms with Gasteiger partial charge in [0.15, 0.2) is 5.65 Å². The van der Waals surface area contributed by atoms with Crippen LogP contribution in [0.25, 0.3) is 5.65 Å². The Morgan fingerprint density at radius 3 is 2.86 bits per heavy atom. The summed E-state index contributed by atoms with van der Waals surface area (Å²) in [5.74, 6) is 0.712. The van der Waals surface area contributed by atoms with Gasteiger partial charge in [-0.3, -0.25) is 0 Å². The number of nitrogens with zero attached hydrogens (tertiary/aromatic N) is 4. The van der Waals surface area contributed by atoms with E-state index in [0.29, 0.717) is 18.9 Å². The highest BCUT2D eigenvalue weighted by molar-refractivity contribution is 9.10. The molecule has 1 N–H and O–H groups in total. The zero-order valence-corrected chi connectivity index (χ0v) is 14.7. The van der Waals surface area contributed by atoms with Gasteiger partial charge in [0.25, 0.3) is 0 Å². The molecular formula is C14H20BrN5O2. The normalized spacial score (nSPS) is 11.5. The predicted molar refractivity (Wildman–Crippen MR) is 88.0 cm³/mol. The molecule has 0 aromatic carbocycles. The third kappa shape index (κ3) is 4.33. The molecule has 0 spiro atoms. The number of hydrogen-bond acceptors (Lipinski definition) is 5. The van der Waals surface area contributed by atoms with Gasteiger partial charge in [-0.15, -0.1) is 5.10 Å². The number of likely N-dealkylation sites (N-methyl/N-ethyl adjacent to an activating group) is 1. The molecular weight excluding hydrogens is 350 g/mol. The summed E-state index contributed by atoms with van der Waals surface area (Å²) in [5.41, 5.74) is 0.280. The number of aromatic nitrogens is 3. The number of anilines is 1. The number of carbonyl (C=O) groups is 1. The predicted octanol–water partition coefficient (Wildman–Crippen LogP) is 2.77. The number of ether oxygens (including phenoxy) is 1. The van der Waals surface area contributed by atoms with Gasteiger partial charge in [0, 0.05) is 20.1 Å². The molecule has 0 aliphatic carbocycles. The maximum atomic E-state index is 11.8. The van der Waals surface area contributed by atoms with Gasteiger partial charge in [-0.05, 0) is 48.8 Å². The van der Waals surface area contributed by atoms with Crippen molar-refractivity contribution in [3.63, 3.8) is 0 Å². The summed E-state index contributed by atoms with van der Waals surface area (Å²) in [4.78, 5) is 17.5. The molecule has 0 fully saturated rings. The molecule has 2 heterocycles. The lowest BCUT2D eigenvalue weighted by Crippen LogP contribution is -2.36. The fraction of sp³-hybridized carbons (Fsp3) is 0.500. The van der Waals surface area contributed by atoms with Crippen LogP contribution >= 0.6 is 15.9 Å². The molecule has 7 nitrogen and oxygen atoms in total. The minimum atomic E-state index is -0.487. The Balaban J connectivity index is 1.87. The van der Waals surface area contributed by atoms with Crippen LogP contribution < -0.4 is 5.32 Å². The molecule has 0 bridgehead atoms. The van der Waals surface area contributed by atoms with Crippen LogP contribution in [0.1, 0.15) is 20.8 Å². The van der Waals surface area contributed by atoms with Gasteiger partial charge in [-0.25, -0.2) is 14.3 Å². The lowest BCUT2D eigenvalue weighted by Gasteiger charge is -2.24. The Hall–Kier alpha value is -1.83. The average molecular weight is 370 g/mol. The number of amides is 1. The molecule has 0 saturated carbocycles. The van der Waals surface area contributed by atoms with Crippen molar-refractivity contribution in [1.82, 2.24) is 19.5 Å². The van der Waals surface area contributed by atoms with Crippen LogP contribution in [-0.4, -0.2) is 51.3 Å². The summed E-state index contributed by atoms with van der Waals surface area (Å²) in [6, 6.07) is 3.72. The lowest BCUT2D eigenvalue weighted by atomic mass is 10.2. The number of nitrogens with one attached hydrogen (secondary N) is 1. The molecule has 1 amide bonds. The van der Waals surface area contributed by atoms with E-state index in [1.807, 2.05) is 32.9 Å². The van der Waals surface area contributed by atoms with E-state index < -0.39 is 5.60 Å². The van der Waals surface area contributed by atoms with Crippen LogP contribution in [-0.2, 0) is 4.74 Å². The molecule has 120 valence electrons. The quantitative estimate of drug-likeness (QED) is 0.896. The highest BCUT2D eigenvalue weighted by Gasteiger charge is 2.19. The largest absolute Gasteiger partial charge is 0.444 e. The van der Waals surface area contributed by atoms with E-state index in [9.17, 15) is 4.79 Å². The second kappa shape index (κ2) is 6.51. The monoisotopic (exact) mass is 369 g/mol. The van der Waals surface area contributed by atoms with Crippen LogP contribution in [0.15, 0.2) is 22.9 Å². The first kappa shape index (κ1) is 16.5. The molecule has 0 aliphatic heterocycles. The van der Waals surface area contributed by atoms with Crippen LogP contribution in [0, 0.1) is 0 Å². The van der Waals surface area contributed by atoms with Crippen molar-refractivity contribution < 1.29 is 9.53 Å². The van der Waals surface area contributed by atoms with E-state index in [-0.39, 0.29) is 6.09 Å². The van der Waals surface area contributed by atoms with Gasteiger partial charge in [-0.1, -0.05) is 0 Å². The SMILES string of the molecule is CN(CCNc1ccc2ncc(Br)n2n1)C(=O)OC(C)(C)C. The molecule has 22 heavy (non-hydrogen) atoms. The summed E-state index contributed by atoms with van der Waals surface area (Å²) in [7, 11) is 1.71. The van der Waals surface area contributed by atoms with Crippen molar-refractivity contribution >= 4 is 33.5 Å². The Morgan fingerprint density at radius 2 is 2.18 bits per heavy atom. The number of imidazole rings is 1. The smallest absolute Gasteiger partial charge is 0.410 e. The van der Waals surface area contributed by atoms with Gasteiger partial charge in [-0.2, -0.15) is 0 Å². The maximum Gasteiger partial charge on any atom is 0.410 e. The Labute approximate surface area is 137 Å². The average Bonchev–Trinajstić information content (AvgIpc) is 2.78. The third-order valence-electron chi connectivity index (χ3n) is 2.78. The van der Waals surface area contributed by atoms with Crippen LogP contribution in [0.5, 0.6) is 0 Å². The third-order valence-corrected chi connectivity index (χ3v) is 3.32. The van der Waals surface area contributed by atoms with Crippen LogP contribution in [0.2, 0.25) is 0 Å². The van der Waals surface area contributed by atoms with Gasteiger partial charge in [0.2, 0.25) is 0 Å². The van der Waals surface area contributed by atoms with Crippen LogP contribution in [0.3, 0.4) is 0 Å². The van der Waals surface area contributed by atoms with Crippen molar-refractivity contribution in [2.24, 2.45) is 0 Å². The van der Waals surface area contributed by atoms with Gasteiger partial charge in [0.1, 0.15) is 16.0 Å². The zero-order chi connectivity index (χ0) is 16.3. The second-order valence-electron chi connectivity index (χ2n) is 5.90. The summed E-state index contributed by atoms with van der Waals surface area (Å²) < 4.78 is 7.77. The number of carbonyl (C=O) groups excluding carboxylic acids is 1. The number of fused-ring (bicyclic) bond motifs is 1. The molecule has 0 saturated heterocycles. The van der Waals surface area contributed by atoms with E-state index in [2.05, 4.69) is 31.3 Å². The molecule has 2 aromatic heterocycles. The lowest BCUT2D eigenvalue weighted by molar-refractivity contribution is 0.0305. The number of rotatable bonds is 4. The maximum absolute atomic E-state index is 11.8. The molecule has 0 unspecified atom stereocenters. The van der Waals surface area contributed by atoms with E-state index in [4.69, 9.17) is 4.74 Å². The van der Waals surface area contributed by atoms with Gasteiger partial charge < -0.3 is 15.0 Å². The molecule has 2 rings (SSSR count). The molecule has 0 aliphatic rings. The summed E-state index contributed by atoms with van der Waals surface area (Å²) in [5, 5.41) is 7.57. The van der Waals surface area contributed by atoms with E-state index >= 15 is 0 Å². The topological polar surface area (TPSA) is 71.8 Å². The van der Waals surface area contributed by atoms with Crippen molar-refractivity contribution in [1.29, 1.82) is 0 Å².